The van der Waals surface area contributed by atoms with Gasteiger partial charge in [-0.15, -0.1) is 0 Å². The zero-order chi connectivity index (χ0) is 23.5. The third-order valence-electron chi connectivity index (χ3n) is 5.58. The third-order valence-corrected chi connectivity index (χ3v) is 5.58. The second-order valence-electron chi connectivity index (χ2n) is 8.28. The van der Waals surface area contributed by atoms with Gasteiger partial charge in [0.05, 0.1) is 6.26 Å². The van der Waals surface area contributed by atoms with Crippen molar-refractivity contribution in [2.24, 2.45) is 5.92 Å². The van der Waals surface area contributed by atoms with Gasteiger partial charge in [-0.3, -0.25) is 14.4 Å². The molecular formula is C22H26F3N3O4. The molecule has 2 aromatic heterocycles. The van der Waals surface area contributed by atoms with Crippen molar-refractivity contribution in [2.45, 2.75) is 50.9 Å². The van der Waals surface area contributed by atoms with Crippen LogP contribution < -0.4 is 10.7 Å². The first-order valence-electron chi connectivity index (χ1n) is 10.4. The fourth-order valence-electron chi connectivity index (χ4n) is 3.94. The van der Waals surface area contributed by atoms with Crippen molar-refractivity contribution in [1.29, 1.82) is 0 Å². The molecule has 0 saturated heterocycles. The molecule has 0 radical (unpaired) electrons. The quantitative estimate of drug-likeness (QED) is 0.722. The summed E-state index contributed by atoms with van der Waals surface area (Å²) in [5.41, 5.74) is -1.70. The molecular weight excluding hydrogens is 427 g/mol. The molecule has 3 rings (SSSR count). The second-order valence-corrected chi connectivity index (χ2v) is 8.28. The first-order chi connectivity index (χ1) is 15.1. The first-order valence-corrected chi connectivity index (χ1v) is 10.4. The van der Waals surface area contributed by atoms with E-state index in [0.717, 1.165) is 44.4 Å². The molecule has 2 amide bonds. The van der Waals surface area contributed by atoms with Crippen LogP contribution in [-0.2, 0) is 6.54 Å². The normalized spacial score (nSPS) is 15.9. The number of alkyl halides is 3. The van der Waals surface area contributed by atoms with Crippen molar-refractivity contribution < 1.29 is 27.2 Å². The van der Waals surface area contributed by atoms with E-state index in [1.807, 2.05) is 5.32 Å². The van der Waals surface area contributed by atoms with Gasteiger partial charge in [0.2, 0.25) is 5.43 Å². The molecule has 1 fully saturated rings. The van der Waals surface area contributed by atoms with Crippen LogP contribution in [0.3, 0.4) is 0 Å². The molecule has 32 heavy (non-hydrogen) atoms. The van der Waals surface area contributed by atoms with Crippen molar-refractivity contribution in [3.8, 4) is 0 Å². The predicted molar refractivity (Wildman–Crippen MR) is 110 cm³/mol. The predicted octanol–water partition coefficient (Wildman–Crippen LogP) is 3.76. The van der Waals surface area contributed by atoms with E-state index in [1.165, 1.54) is 37.5 Å². The van der Waals surface area contributed by atoms with Crippen LogP contribution in [0, 0.1) is 5.92 Å². The van der Waals surface area contributed by atoms with Gasteiger partial charge in [-0.05, 0) is 30.9 Å². The molecule has 10 heteroatoms. The van der Waals surface area contributed by atoms with Gasteiger partial charge >= 0.3 is 6.18 Å². The average Bonchev–Trinajstić information content (AvgIpc) is 3.26. The fraction of sp³-hybridized carbons (Fsp3) is 0.500. The Balaban J connectivity index is 1.98. The molecule has 2 heterocycles. The lowest BCUT2D eigenvalue weighted by Crippen LogP contribution is -2.41. The van der Waals surface area contributed by atoms with Gasteiger partial charge in [-0.1, -0.05) is 19.3 Å². The van der Waals surface area contributed by atoms with Crippen LogP contribution in [0.2, 0.25) is 0 Å². The lowest BCUT2D eigenvalue weighted by molar-refractivity contribution is -0.159. The zero-order valence-electron chi connectivity index (χ0n) is 17.9. The van der Waals surface area contributed by atoms with E-state index in [4.69, 9.17) is 4.42 Å². The third kappa shape index (κ3) is 5.41. The summed E-state index contributed by atoms with van der Waals surface area (Å²) >= 11 is 0. The van der Waals surface area contributed by atoms with Gasteiger partial charge < -0.3 is 19.2 Å². The lowest BCUT2D eigenvalue weighted by Gasteiger charge is -2.24. The SMILES string of the molecule is CN(C)C(=O)c1cn(CC2CCCCC2)cc(C(=O)NC(c2ccco2)C(F)(F)F)c1=O. The number of pyridine rings is 1. The topological polar surface area (TPSA) is 84.6 Å². The Labute approximate surface area is 183 Å². The molecule has 1 saturated carbocycles. The van der Waals surface area contributed by atoms with Gasteiger partial charge in [0, 0.05) is 33.0 Å². The number of amides is 2. The molecule has 7 nitrogen and oxygen atoms in total. The number of aromatic nitrogens is 1. The number of furan rings is 1. The molecule has 0 spiro atoms. The Morgan fingerprint density at radius 2 is 1.84 bits per heavy atom. The van der Waals surface area contributed by atoms with Crippen molar-refractivity contribution in [2.75, 3.05) is 14.1 Å². The van der Waals surface area contributed by atoms with Crippen LogP contribution in [-0.4, -0.2) is 41.6 Å². The first kappa shape index (κ1) is 23.6. The van der Waals surface area contributed by atoms with Crippen LogP contribution in [0.1, 0.15) is 64.6 Å². The Morgan fingerprint density at radius 3 is 2.41 bits per heavy atom. The largest absolute Gasteiger partial charge is 0.467 e. The number of nitrogens with zero attached hydrogens (tertiary/aromatic N) is 2. The minimum absolute atomic E-state index is 0.264. The number of carbonyl (C=O) groups is 2. The Hall–Kier alpha value is -3.04. The van der Waals surface area contributed by atoms with E-state index in [-0.39, 0.29) is 5.56 Å². The summed E-state index contributed by atoms with van der Waals surface area (Å²) < 4.78 is 47.0. The van der Waals surface area contributed by atoms with E-state index in [9.17, 15) is 27.6 Å². The minimum Gasteiger partial charge on any atom is -0.467 e. The molecule has 0 bridgehead atoms. The number of hydrogen-bond acceptors (Lipinski definition) is 4. The highest BCUT2D eigenvalue weighted by molar-refractivity contribution is 5.99. The molecule has 174 valence electrons. The highest BCUT2D eigenvalue weighted by atomic mass is 19.4. The van der Waals surface area contributed by atoms with E-state index in [1.54, 1.807) is 4.57 Å². The summed E-state index contributed by atoms with van der Waals surface area (Å²) in [6.07, 6.45) is 4.05. The van der Waals surface area contributed by atoms with E-state index >= 15 is 0 Å². The summed E-state index contributed by atoms with van der Waals surface area (Å²) in [6.45, 7) is 0.467. The number of rotatable bonds is 6. The van der Waals surface area contributed by atoms with Crippen LogP contribution >= 0.6 is 0 Å². The summed E-state index contributed by atoms with van der Waals surface area (Å²) in [6, 6.07) is -0.0658. The fourth-order valence-corrected chi connectivity index (χ4v) is 3.94. The molecule has 1 N–H and O–H groups in total. The van der Waals surface area contributed by atoms with Crippen LogP contribution in [0.25, 0.3) is 0 Å². The van der Waals surface area contributed by atoms with E-state index in [2.05, 4.69) is 0 Å². The van der Waals surface area contributed by atoms with E-state index in [0.29, 0.717) is 12.5 Å². The summed E-state index contributed by atoms with van der Waals surface area (Å²) in [4.78, 5) is 39.4. The van der Waals surface area contributed by atoms with Crippen LogP contribution in [0.5, 0.6) is 0 Å². The van der Waals surface area contributed by atoms with Crippen molar-refractivity contribution >= 4 is 11.8 Å². The minimum atomic E-state index is -4.84. The summed E-state index contributed by atoms with van der Waals surface area (Å²) in [5, 5.41) is 1.85. The van der Waals surface area contributed by atoms with Crippen molar-refractivity contribution in [1.82, 2.24) is 14.8 Å². The Kier molecular flexibility index (Phi) is 7.10. The van der Waals surface area contributed by atoms with Gasteiger partial charge in [0.15, 0.2) is 6.04 Å². The molecule has 1 unspecified atom stereocenters. The number of hydrogen-bond donors (Lipinski definition) is 1. The van der Waals surface area contributed by atoms with Gasteiger partial charge in [-0.25, -0.2) is 0 Å². The molecule has 1 aliphatic carbocycles. The molecule has 2 aromatic rings. The van der Waals surface area contributed by atoms with Crippen LogP contribution in [0.4, 0.5) is 13.2 Å². The van der Waals surface area contributed by atoms with Crippen molar-refractivity contribution in [3.63, 3.8) is 0 Å². The standard InChI is InChI=1S/C22H26F3N3O4/c1-27(2)21(31)16-13-28(11-14-7-4-3-5-8-14)12-15(18(16)29)20(30)26-19(22(23,24)25)17-9-6-10-32-17/h6,9-10,12-14,19H,3-5,7-8,11H2,1-2H3,(H,26,30). The number of carbonyl (C=O) groups excluding carboxylic acids is 2. The molecule has 0 aliphatic heterocycles. The number of halogens is 3. The Morgan fingerprint density at radius 1 is 1.19 bits per heavy atom. The van der Waals surface area contributed by atoms with Gasteiger partial charge in [-0.2, -0.15) is 13.2 Å². The highest BCUT2D eigenvalue weighted by Gasteiger charge is 2.44. The Bertz CT molecular complexity index is 1010. The maximum absolute atomic E-state index is 13.5. The number of nitrogens with one attached hydrogen (secondary N) is 1. The summed E-state index contributed by atoms with van der Waals surface area (Å²) in [5.74, 6) is -2.05. The molecule has 1 aliphatic rings. The maximum atomic E-state index is 13.5. The van der Waals surface area contributed by atoms with Crippen molar-refractivity contribution in [3.05, 3.63) is 57.9 Å². The molecule has 1 atom stereocenters. The average molecular weight is 453 g/mol. The van der Waals surface area contributed by atoms with Gasteiger partial charge in [0.25, 0.3) is 11.8 Å². The van der Waals surface area contributed by atoms with Crippen LogP contribution in [0.15, 0.2) is 40.0 Å². The maximum Gasteiger partial charge on any atom is 0.415 e. The molecule has 0 aromatic carbocycles. The van der Waals surface area contributed by atoms with Gasteiger partial charge in [0.1, 0.15) is 16.9 Å². The summed E-state index contributed by atoms with van der Waals surface area (Å²) in [7, 11) is 2.91. The second kappa shape index (κ2) is 9.62. The van der Waals surface area contributed by atoms with E-state index < -0.39 is 40.8 Å². The lowest BCUT2D eigenvalue weighted by atomic mass is 9.89. The monoisotopic (exact) mass is 453 g/mol. The highest BCUT2D eigenvalue weighted by Crippen LogP contribution is 2.33. The smallest absolute Gasteiger partial charge is 0.415 e. The zero-order valence-corrected chi connectivity index (χ0v) is 17.9.